The SMILES string of the molecule is CCC[C@@H](C)c1cccnc1. The van der Waals surface area contributed by atoms with Gasteiger partial charge in [0.2, 0.25) is 0 Å². The quantitative estimate of drug-likeness (QED) is 0.643. The molecule has 0 aromatic carbocycles. The largest absolute Gasteiger partial charge is 0.264 e. The molecule has 1 rings (SSSR count). The third-order valence-electron chi connectivity index (χ3n) is 1.98. The first-order chi connectivity index (χ1) is 5.34. The summed E-state index contributed by atoms with van der Waals surface area (Å²) in [4.78, 5) is 4.09. The summed E-state index contributed by atoms with van der Waals surface area (Å²) >= 11 is 0. The molecule has 0 spiro atoms. The molecule has 0 saturated carbocycles. The Labute approximate surface area is 68.5 Å². The average molecular weight is 149 g/mol. The fourth-order valence-electron chi connectivity index (χ4n) is 1.27. The van der Waals surface area contributed by atoms with Crippen LogP contribution in [-0.2, 0) is 0 Å². The van der Waals surface area contributed by atoms with E-state index in [1.54, 1.807) is 0 Å². The second kappa shape index (κ2) is 4.12. The molecule has 0 aliphatic heterocycles. The molecule has 0 radical (unpaired) electrons. The van der Waals surface area contributed by atoms with E-state index in [-0.39, 0.29) is 0 Å². The molecule has 1 heterocycles. The van der Waals surface area contributed by atoms with Gasteiger partial charge in [0.1, 0.15) is 0 Å². The molecule has 0 fully saturated rings. The summed E-state index contributed by atoms with van der Waals surface area (Å²) < 4.78 is 0. The maximum absolute atomic E-state index is 4.09. The van der Waals surface area contributed by atoms with Gasteiger partial charge in [-0.3, -0.25) is 4.98 Å². The molecule has 0 bridgehead atoms. The number of nitrogens with zero attached hydrogens (tertiary/aromatic N) is 1. The van der Waals surface area contributed by atoms with Crippen LogP contribution >= 0.6 is 0 Å². The van der Waals surface area contributed by atoms with E-state index in [1.165, 1.54) is 18.4 Å². The van der Waals surface area contributed by atoms with Crippen molar-refractivity contribution in [3.05, 3.63) is 30.1 Å². The highest BCUT2D eigenvalue weighted by molar-refractivity contribution is 5.13. The first-order valence-electron chi connectivity index (χ1n) is 4.24. The zero-order valence-electron chi connectivity index (χ0n) is 7.25. The van der Waals surface area contributed by atoms with Gasteiger partial charge in [0.15, 0.2) is 0 Å². The summed E-state index contributed by atoms with van der Waals surface area (Å²) in [5, 5.41) is 0. The molecule has 1 heteroatoms. The Balaban J connectivity index is 2.61. The lowest BCUT2D eigenvalue weighted by Gasteiger charge is -2.08. The van der Waals surface area contributed by atoms with Crippen molar-refractivity contribution < 1.29 is 0 Å². The molecule has 0 aliphatic rings. The maximum atomic E-state index is 4.09. The Hall–Kier alpha value is -0.850. The molecule has 1 atom stereocenters. The van der Waals surface area contributed by atoms with E-state index in [4.69, 9.17) is 0 Å². The van der Waals surface area contributed by atoms with Gasteiger partial charge in [-0.2, -0.15) is 0 Å². The number of hydrogen-bond acceptors (Lipinski definition) is 1. The van der Waals surface area contributed by atoms with E-state index in [9.17, 15) is 0 Å². The molecular weight excluding hydrogens is 134 g/mol. The van der Waals surface area contributed by atoms with Crippen molar-refractivity contribution in [1.82, 2.24) is 4.98 Å². The molecule has 0 unspecified atom stereocenters. The van der Waals surface area contributed by atoms with E-state index >= 15 is 0 Å². The van der Waals surface area contributed by atoms with Crippen LogP contribution in [0.5, 0.6) is 0 Å². The molecule has 0 saturated heterocycles. The van der Waals surface area contributed by atoms with Crippen molar-refractivity contribution in [2.24, 2.45) is 0 Å². The molecule has 1 nitrogen and oxygen atoms in total. The Morgan fingerprint density at radius 1 is 1.55 bits per heavy atom. The van der Waals surface area contributed by atoms with Crippen LogP contribution in [0.15, 0.2) is 24.5 Å². The van der Waals surface area contributed by atoms with Crippen molar-refractivity contribution in [2.75, 3.05) is 0 Å². The lowest BCUT2D eigenvalue weighted by atomic mass is 9.99. The van der Waals surface area contributed by atoms with Crippen molar-refractivity contribution in [1.29, 1.82) is 0 Å². The van der Waals surface area contributed by atoms with Crippen LogP contribution in [0.3, 0.4) is 0 Å². The summed E-state index contributed by atoms with van der Waals surface area (Å²) in [6.07, 6.45) is 6.28. The molecule has 1 aromatic rings. The van der Waals surface area contributed by atoms with Crippen LogP contribution in [0.2, 0.25) is 0 Å². The maximum Gasteiger partial charge on any atom is 0.0302 e. The van der Waals surface area contributed by atoms with E-state index in [2.05, 4.69) is 24.9 Å². The minimum atomic E-state index is 0.661. The van der Waals surface area contributed by atoms with Crippen LogP contribution in [0.25, 0.3) is 0 Å². The average Bonchev–Trinajstić information content (AvgIpc) is 2.07. The van der Waals surface area contributed by atoms with Crippen LogP contribution < -0.4 is 0 Å². The third kappa shape index (κ3) is 2.34. The highest BCUT2D eigenvalue weighted by Gasteiger charge is 2.01. The highest BCUT2D eigenvalue weighted by Crippen LogP contribution is 2.18. The zero-order valence-corrected chi connectivity index (χ0v) is 7.25. The van der Waals surface area contributed by atoms with Gasteiger partial charge in [0.25, 0.3) is 0 Å². The molecule has 11 heavy (non-hydrogen) atoms. The molecular formula is C10H15N. The van der Waals surface area contributed by atoms with Gasteiger partial charge in [0.05, 0.1) is 0 Å². The van der Waals surface area contributed by atoms with Gasteiger partial charge in [-0.05, 0) is 24.0 Å². The first-order valence-corrected chi connectivity index (χ1v) is 4.24. The number of hydrogen-bond donors (Lipinski definition) is 0. The fourth-order valence-corrected chi connectivity index (χ4v) is 1.27. The van der Waals surface area contributed by atoms with E-state index in [0.29, 0.717) is 5.92 Å². The van der Waals surface area contributed by atoms with Gasteiger partial charge in [-0.25, -0.2) is 0 Å². The van der Waals surface area contributed by atoms with Gasteiger partial charge in [0, 0.05) is 12.4 Å². The minimum Gasteiger partial charge on any atom is -0.264 e. The van der Waals surface area contributed by atoms with Crippen LogP contribution in [-0.4, -0.2) is 4.98 Å². The zero-order chi connectivity index (χ0) is 8.10. The monoisotopic (exact) mass is 149 g/mol. The van der Waals surface area contributed by atoms with Gasteiger partial charge >= 0.3 is 0 Å². The highest BCUT2D eigenvalue weighted by atomic mass is 14.6. The Kier molecular flexibility index (Phi) is 3.09. The molecule has 60 valence electrons. The molecule has 1 aromatic heterocycles. The van der Waals surface area contributed by atoms with Crippen molar-refractivity contribution in [2.45, 2.75) is 32.6 Å². The van der Waals surface area contributed by atoms with Gasteiger partial charge in [-0.1, -0.05) is 26.3 Å². The van der Waals surface area contributed by atoms with E-state index in [1.807, 2.05) is 18.5 Å². The second-order valence-electron chi connectivity index (χ2n) is 2.98. The smallest absolute Gasteiger partial charge is 0.0302 e. The summed E-state index contributed by atoms with van der Waals surface area (Å²) in [6.45, 7) is 4.47. The first kappa shape index (κ1) is 8.25. The summed E-state index contributed by atoms with van der Waals surface area (Å²) in [7, 11) is 0. The molecule has 0 amide bonds. The van der Waals surface area contributed by atoms with Gasteiger partial charge < -0.3 is 0 Å². The van der Waals surface area contributed by atoms with Crippen LogP contribution in [0, 0.1) is 0 Å². The minimum absolute atomic E-state index is 0.661. The Bertz CT molecular complexity index is 193. The number of pyridine rings is 1. The molecule has 0 N–H and O–H groups in total. The predicted molar refractivity (Wildman–Crippen MR) is 47.6 cm³/mol. The predicted octanol–water partition coefficient (Wildman–Crippen LogP) is 2.99. The van der Waals surface area contributed by atoms with E-state index in [0.717, 1.165) is 0 Å². The second-order valence-corrected chi connectivity index (χ2v) is 2.98. The van der Waals surface area contributed by atoms with Crippen molar-refractivity contribution in [3.8, 4) is 0 Å². The summed E-state index contributed by atoms with van der Waals surface area (Å²) in [5.41, 5.74) is 1.36. The normalized spacial score (nSPS) is 12.9. The third-order valence-corrected chi connectivity index (χ3v) is 1.98. The van der Waals surface area contributed by atoms with Crippen LogP contribution in [0.1, 0.15) is 38.2 Å². The Morgan fingerprint density at radius 3 is 2.91 bits per heavy atom. The summed E-state index contributed by atoms with van der Waals surface area (Å²) in [5.74, 6) is 0.661. The topological polar surface area (TPSA) is 12.9 Å². The van der Waals surface area contributed by atoms with E-state index < -0.39 is 0 Å². The van der Waals surface area contributed by atoms with Gasteiger partial charge in [-0.15, -0.1) is 0 Å². The molecule has 0 aliphatic carbocycles. The number of rotatable bonds is 3. The van der Waals surface area contributed by atoms with Crippen LogP contribution in [0.4, 0.5) is 0 Å². The lowest BCUT2D eigenvalue weighted by molar-refractivity contribution is 0.662. The Morgan fingerprint density at radius 2 is 2.36 bits per heavy atom. The lowest BCUT2D eigenvalue weighted by Crippen LogP contribution is -1.92. The number of aromatic nitrogens is 1. The standard InChI is InChI=1S/C10H15N/c1-3-5-9(2)10-6-4-7-11-8-10/h4,6-9H,3,5H2,1-2H3/t9-/m1/s1. The van der Waals surface area contributed by atoms with Crippen molar-refractivity contribution in [3.63, 3.8) is 0 Å². The summed E-state index contributed by atoms with van der Waals surface area (Å²) in [6, 6.07) is 4.15. The fraction of sp³-hybridized carbons (Fsp3) is 0.500. The van der Waals surface area contributed by atoms with Crippen molar-refractivity contribution >= 4 is 0 Å².